The van der Waals surface area contributed by atoms with E-state index in [4.69, 9.17) is 17.3 Å². The Hall–Kier alpha value is -1.33. The molecule has 19 heavy (non-hydrogen) atoms. The Morgan fingerprint density at radius 3 is 2.95 bits per heavy atom. The van der Waals surface area contributed by atoms with Crippen LogP contribution < -0.4 is 10.6 Å². The van der Waals surface area contributed by atoms with E-state index in [1.165, 1.54) is 0 Å². The number of piperidine rings is 1. The molecular weight excluding hydrogens is 266 g/mol. The smallest absolute Gasteiger partial charge is 0.310 e. The van der Waals surface area contributed by atoms with E-state index in [0.717, 1.165) is 19.5 Å². The van der Waals surface area contributed by atoms with Gasteiger partial charge in [-0.3, -0.25) is 10.1 Å². The fourth-order valence-corrected chi connectivity index (χ4v) is 2.85. The average Bonchev–Trinajstić information content (AvgIpc) is 2.38. The minimum absolute atomic E-state index is 0.00510. The molecule has 0 amide bonds. The Morgan fingerprint density at radius 1 is 1.58 bits per heavy atom. The average molecular weight is 284 g/mol. The summed E-state index contributed by atoms with van der Waals surface area (Å²) in [4.78, 5) is 12.8. The Bertz CT molecular complexity index is 481. The molecule has 2 atom stereocenters. The Balaban J connectivity index is 2.32. The Labute approximate surface area is 117 Å². The quantitative estimate of drug-likeness (QED) is 0.684. The molecule has 5 nitrogen and oxygen atoms in total. The lowest BCUT2D eigenvalue weighted by Gasteiger charge is -2.37. The van der Waals surface area contributed by atoms with Gasteiger partial charge < -0.3 is 10.6 Å². The van der Waals surface area contributed by atoms with Crippen LogP contribution in [0.15, 0.2) is 18.2 Å². The second kappa shape index (κ2) is 5.75. The maximum absolute atomic E-state index is 11.2. The van der Waals surface area contributed by atoms with Crippen LogP contribution in [0.5, 0.6) is 0 Å². The van der Waals surface area contributed by atoms with Crippen LogP contribution in [0.25, 0.3) is 0 Å². The summed E-state index contributed by atoms with van der Waals surface area (Å²) in [7, 11) is 0. The number of rotatable bonds is 3. The number of anilines is 1. The van der Waals surface area contributed by atoms with E-state index in [2.05, 4.69) is 6.92 Å². The first-order valence-electron chi connectivity index (χ1n) is 6.42. The highest BCUT2D eigenvalue weighted by molar-refractivity contribution is 6.33. The summed E-state index contributed by atoms with van der Waals surface area (Å²) in [5, 5.41) is 11.4. The molecule has 1 aliphatic heterocycles. The molecule has 2 unspecified atom stereocenters. The lowest BCUT2D eigenvalue weighted by atomic mass is 9.87. The van der Waals surface area contributed by atoms with Gasteiger partial charge in [0.15, 0.2) is 0 Å². The zero-order valence-corrected chi connectivity index (χ0v) is 11.6. The molecule has 2 rings (SSSR count). The Morgan fingerprint density at radius 2 is 2.32 bits per heavy atom. The third-order valence-electron chi connectivity index (χ3n) is 3.91. The van der Waals surface area contributed by atoms with Gasteiger partial charge >= 0.3 is 5.69 Å². The number of nitrogens with two attached hydrogens (primary N) is 1. The van der Waals surface area contributed by atoms with Crippen molar-refractivity contribution < 1.29 is 4.92 Å². The van der Waals surface area contributed by atoms with E-state index in [-0.39, 0.29) is 10.7 Å². The van der Waals surface area contributed by atoms with Gasteiger partial charge in [0.05, 0.1) is 4.92 Å². The van der Waals surface area contributed by atoms with Gasteiger partial charge in [0.25, 0.3) is 0 Å². The SMILES string of the molecule is CC1CCN(c2cccc(Cl)c2[N+](=O)[O-])CC1CN. The third kappa shape index (κ3) is 2.82. The molecule has 1 aliphatic rings. The normalized spacial score (nSPS) is 23.4. The first kappa shape index (κ1) is 14.1. The molecule has 0 aliphatic carbocycles. The van der Waals surface area contributed by atoms with Crippen LogP contribution in [-0.2, 0) is 0 Å². The maximum atomic E-state index is 11.2. The van der Waals surface area contributed by atoms with Gasteiger partial charge in [-0.15, -0.1) is 0 Å². The number of para-hydroxylation sites is 1. The summed E-state index contributed by atoms with van der Waals surface area (Å²) >= 11 is 5.95. The molecule has 0 spiro atoms. The molecule has 6 heteroatoms. The van der Waals surface area contributed by atoms with Crippen LogP contribution in [0.3, 0.4) is 0 Å². The number of benzene rings is 1. The fourth-order valence-electron chi connectivity index (χ4n) is 2.61. The molecule has 0 radical (unpaired) electrons. The minimum Gasteiger partial charge on any atom is -0.366 e. The summed E-state index contributed by atoms with van der Waals surface area (Å²) in [6.45, 7) is 4.34. The number of hydrogen-bond acceptors (Lipinski definition) is 4. The number of nitrogens with zero attached hydrogens (tertiary/aromatic N) is 2. The summed E-state index contributed by atoms with van der Waals surface area (Å²) in [5.41, 5.74) is 6.37. The predicted octanol–water partition coefficient (Wildman–Crippen LogP) is 2.67. The third-order valence-corrected chi connectivity index (χ3v) is 4.21. The molecule has 1 aromatic carbocycles. The lowest BCUT2D eigenvalue weighted by molar-refractivity contribution is -0.384. The molecule has 1 heterocycles. The maximum Gasteiger partial charge on any atom is 0.310 e. The second-order valence-corrected chi connectivity index (χ2v) is 5.48. The van der Waals surface area contributed by atoms with Gasteiger partial charge in [-0.05, 0) is 36.9 Å². The highest BCUT2D eigenvalue weighted by Gasteiger charge is 2.29. The van der Waals surface area contributed by atoms with Gasteiger partial charge in [-0.25, -0.2) is 0 Å². The van der Waals surface area contributed by atoms with E-state index in [1.54, 1.807) is 18.2 Å². The number of halogens is 1. The van der Waals surface area contributed by atoms with Crippen molar-refractivity contribution in [2.75, 3.05) is 24.5 Å². The molecule has 1 aromatic rings. The fraction of sp³-hybridized carbons (Fsp3) is 0.538. The summed E-state index contributed by atoms with van der Waals surface area (Å²) in [6.07, 6.45) is 0.992. The van der Waals surface area contributed by atoms with Gasteiger partial charge in [0.1, 0.15) is 10.7 Å². The van der Waals surface area contributed by atoms with Crippen molar-refractivity contribution in [2.24, 2.45) is 17.6 Å². The molecule has 2 N–H and O–H groups in total. The molecule has 1 fully saturated rings. The minimum atomic E-state index is -0.410. The number of nitro groups is 1. The lowest BCUT2D eigenvalue weighted by Crippen LogP contribution is -2.42. The van der Waals surface area contributed by atoms with Crippen molar-refractivity contribution >= 4 is 23.0 Å². The first-order valence-corrected chi connectivity index (χ1v) is 6.80. The zero-order chi connectivity index (χ0) is 14.0. The topological polar surface area (TPSA) is 72.4 Å². The molecule has 0 aromatic heterocycles. The molecule has 104 valence electrons. The largest absolute Gasteiger partial charge is 0.366 e. The van der Waals surface area contributed by atoms with Crippen LogP contribution in [0.2, 0.25) is 5.02 Å². The predicted molar refractivity (Wildman–Crippen MR) is 76.6 cm³/mol. The zero-order valence-electron chi connectivity index (χ0n) is 10.9. The highest BCUT2D eigenvalue weighted by Crippen LogP contribution is 2.37. The van der Waals surface area contributed by atoms with Crippen molar-refractivity contribution in [3.8, 4) is 0 Å². The van der Waals surface area contributed by atoms with Crippen LogP contribution in [0, 0.1) is 22.0 Å². The Kier molecular flexibility index (Phi) is 4.27. The van der Waals surface area contributed by atoms with Gasteiger partial charge in [-0.2, -0.15) is 0 Å². The molecule has 0 saturated carbocycles. The first-order chi connectivity index (χ1) is 9.04. The van der Waals surface area contributed by atoms with E-state index >= 15 is 0 Å². The summed E-state index contributed by atoms with van der Waals surface area (Å²) in [6, 6.07) is 5.06. The van der Waals surface area contributed by atoms with Crippen molar-refractivity contribution in [1.29, 1.82) is 0 Å². The van der Waals surface area contributed by atoms with E-state index in [0.29, 0.717) is 24.1 Å². The number of hydrogen-bond donors (Lipinski definition) is 1. The van der Waals surface area contributed by atoms with Gasteiger partial charge in [-0.1, -0.05) is 24.6 Å². The standard InChI is InChI=1S/C13H18ClN3O2/c1-9-5-6-16(8-10(9)7-15)12-4-2-3-11(14)13(12)17(18)19/h2-4,9-10H,5-8,15H2,1H3. The van der Waals surface area contributed by atoms with E-state index < -0.39 is 4.92 Å². The molecule has 0 bridgehead atoms. The van der Waals surface area contributed by atoms with Crippen molar-refractivity contribution in [2.45, 2.75) is 13.3 Å². The highest BCUT2D eigenvalue weighted by atomic mass is 35.5. The van der Waals surface area contributed by atoms with E-state index in [9.17, 15) is 10.1 Å². The van der Waals surface area contributed by atoms with Gasteiger partial charge in [0.2, 0.25) is 0 Å². The van der Waals surface area contributed by atoms with Crippen LogP contribution >= 0.6 is 11.6 Å². The monoisotopic (exact) mass is 283 g/mol. The van der Waals surface area contributed by atoms with Crippen LogP contribution in [0.1, 0.15) is 13.3 Å². The van der Waals surface area contributed by atoms with Crippen molar-refractivity contribution in [3.05, 3.63) is 33.3 Å². The van der Waals surface area contributed by atoms with Crippen molar-refractivity contribution in [1.82, 2.24) is 0 Å². The van der Waals surface area contributed by atoms with E-state index in [1.807, 2.05) is 4.90 Å². The molecular formula is C13H18ClN3O2. The van der Waals surface area contributed by atoms with Crippen LogP contribution in [-0.4, -0.2) is 24.6 Å². The van der Waals surface area contributed by atoms with Gasteiger partial charge in [0, 0.05) is 13.1 Å². The number of nitro benzene ring substituents is 1. The summed E-state index contributed by atoms with van der Waals surface area (Å²) < 4.78 is 0. The second-order valence-electron chi connectivity index (χ2n) is 5.07. The van der Waals surface area contributed by atoms with Crippen LogP contribution in [0.4, 0.5) is 11.4 Å². The summed E-state index contributed by atoms with van der Waals surface area (Å²) in [5.74, 6) is 0.923. The molecule has 1 saturated heterocycles. The van der Waals surface area contributed by atoms with Crippen molar-refractivity contribution in [3.63, 3.8) is 0 Å².